The Morgan fingerprint density at radius 1 is 1.38 bits per heavy atom. The van der Waals surface area contributed by atoms with E-state index in [9.17, 15) is 4.79 Å². The Balaban J connectivity index is 2.59. The van der Waals surface area contributed by atoms with Crippen LogP contribution in [0.1, 0.15) is 13.8 Å². The highest BCUT2D eigenvalue weighted by Gasteiger charge is 2.10. The summed E-state index contributed by atoms with van der Waals surface area (Å²) in [6, 6.07) is 6.37. The zero-order valence-corrected chi connectivity index (χ0v) is 9.90. The lowest BCUT2D eigenvalue weighted by Gasteiger charge is -2.18. The second-order valence-corrected chi connectivity index (χ2v) is 4.16. The lowest BCUT2D eigenvalue weighted by atomic mass is 10.2. The maximum Gasteiger partial charge on any atom is 0.321 e. The number of aromatic hydroxyl groups is 1. The number of phenols is 1. The van der Waals surface area contributed by atoms with Gasteiger partial charge in [-0.25, -0.2) is 4.79 Å². The summed E-state index contributed by atoms with van der Waals surface area (Å²) < 4.78 is 0. The van der Waals surface area contributed by atoms with Crippen molar-refractivity contribution in [2.75, 3.05) is 18.5 Å². The summed E-state index contributed by atoms with van der Waals surface area (Å²) >= 11 is 0. The highest BCUT2D eigenvalue weighted by atomic mass is 16.3. The molecule has 0 spiro atoms. The van der Waals surface area contributed by atoms with E-state index in [-0.39, 0.29) is 11.8 Å². The highest BCUT2D eigenvalue weighted by Crippen LogP contribution is 2.16. The van der Waals surface area contributed by atoms with Crippen molar-refractivity contribution in [2.45, 2.75) is 13.8 Å². The van der Waals surface area contributed by atoms with Crippen LogP contribution in [-0.2, 0) is 0 Å². The lowest BCUT2D eigenvalue weighted by Crippen LogP contribution is -2.38. The number of urea groups is 1. The maximum absolute atomic E-state index is 11.7. The molecule has 1 rings (SSSR count). The highest BCUT2D eigenvalue weighted by molar-refractivity contribution is 5.91. The molecule has 0 unspecified atom stereocenters. The quantitative estimate of drug-likeness (QED) is 0.823. The van der Waals surface area contributed by atoms with Gasteiger partial charge in [0.1, 0.15) is 5.75 Å². The van der Waals surface area contributed by atoms with E-state index in [1.807, 2.05) is 13.8 Å². The fraction of sp³-hybridized carbons (Fsp3) is 0.417. The van der Waals surface area contributed by atoms with E-state index in [4.69, 9.17) is 5.11 Å². The van der Waals surface area contributed by atoms with E-state index in [1.54, 1.807) is 31.3 Å². The van der Waals surface area contributed by atoms with Crippen LogP contribution in [0.2, 0.25) is 0 Å². The van der Waals surface area contributed by atoms with Gasteiger partial charge in [0.05, 0.1) is 0 Å². The van der Waals surface area contributed by atoms with Crippen LogP contribution in [0, 0.1) is 5.92 Å². The molecule has 4 nitrogen and oxygen atoms in total. The van der Waals surface area contributed by atoms with E-state index < -0.39 is 0 Å². The molecule has 0 aromatic heterocycles. The van der Waals surface area contributed by atoms with E-state index >= 15 is 0 Å². The third-order valence-corrected chi connectivity index (χ3v) is 2.20. The molecule has 2 amide bonds. The second-order valence-electron chi connectivity index (χ2n) is 4.16. The van der Waals surface area contributed by atoms with E-state index in [0.29, 0.717) is 12.5 Å². The molecule has 0 aliphatic rings. The summed E-state index contributed by atoms with van der Waals surface area (Å²) in [7, 11) is 1.70. The number of carbonyl (C=O) groups is 1. The van der Waals surface area contributed by atoms with Crippen LogP contribution in [0.4, 0.5) is 10.5 Å². The molecule has 0 saturated heterocycles. The molecule has 0 aliphatic heterocycles. The van der Waals surface area contributed by atoms with Gasteiger partial charge in [0.15, 0.2) is 0 Å². The Kier molecular flexibility index (Phi) is 4.17. The molecule has 2 N–H and O–H groups in total. The van der Waals surface area contributed by atoms with Gasteiger partial charge in [-0.15, -0.1) is 0 Å². The van der Waals surface area contributed by atoms with Gasteiger partial charge >= 0.3 is 6.03 Å². The van der Waals surface area contributed by atoms with Crippen molar-refractivity contribution in [3.8, 4) is 5.75 Å². The monoisotopic (exact) mass is 222 g/mol. The summed E-state index contributed by atoms with van der Waals surface area (Å²) in [5, 5.41) is 12.0. The summed E-state index contributed by atoms with van der Waals surface area (Å²) in [5.41, 5.74) is 0.749. The van der Waals surface area contributed by atoms with E-state index in [1.165, 1.54) is 4.90 Å². The fourth-order valence-corrected chi connectivity index (χ4v) is 1.20. The van der Waals surface area contributed by atoms with Gasteiger partial charge in [0.25, 0.3) is 0 Å². The standard InChI is InChI=1S/C12H18N2O2/c1-9(2)8-13-12(16)14(3)10-4-6-11(15)7-5-10/h4-7,9,15H,8H2,1-3H3,(H,13,16). The van der Waals surface area contributed by atoms with Crippen LogP contribution >= 0.6 is 0 Å². The average molecular weight is 222 g/mol. The summed E-state index contributed by atoms with van der Waals surface area (Å²) in [6.07, 6.45) is 0. The number of hydrogen-bond donors (Lipinski definition) is 2. The molecule has 0 aliphatic carbocycles. The number of carbonyl (C=O) groups excluding carboxylic acids is 1. The number of anilines is 1. The molecular weight excluding hydrogens is 204 g/mol. The SMILES string of the molecule is CC(C)CNC(=O)N(C)c1ccc(O)cc1. The molecular formula is C12H18N2O2. The molecule has 4 heteroatoms. The van der Waals surface area contributed by atoms with Crippen molar-refractivity contribution < 1.29 is 9.90 Å². The van der Waals surface area contributed by atoms with Gasteiger partial charge in [-0.1, -0.05) is 13.8 Å². The molecule has 0 bridgehead atoms. The largest absolute Gasteiger partial charge is 0.508 e. The predicted octanol–water partition coefficient (Wildman–Crippen LogP) is 2.19. The number of benzene rings is 1. The van der Waals surface area contributed by atoms with Crippen molar-refractivity contribution in [3.63, 3.8) is 0 Å². The number of nitrogens with zero attached hydrogens (tertiary/aromatic N) is 1. The minimum atomic E-state index is -0.139. The zero-order chi connectivity index (χ0) is 12.1. The van der Waals surface area contributed by atoms with Gasteiger partial charge in [0, 0.05) is 19.3 Å². The summed E-state index contributed by atoms with van der Waals surface area (Å²) in [6.45, 7) is 4.74. The molecule has 0 fully saturated rings. The van der Waals surface area contributed by atoms with Crippen molar-refractivity contribution in [2.24, 2.45) is 5.92 Å². The Hall–Kier alpha value is -1.71. The second kappa shape index (κ2) is 5.39. The van der Waals surface area contributed by atoms with Crippen molar-refractivity contribution in [1.29, 1.82) is 0 Å². The first kappa shape index (κ1) is 12.4. The van der Waals surface area contributed by atoms with Crippen LogP contribution < -0.4 is 10.2 Å². The summed E-state index contributed by atoms with van der Waals surface area (Å²) in [5.74, 6) is 0.622. The summed E-state index contributed by atoms with van der Waals surface area (Å²) in [4.78, 5) is 13.2. The predicted molar refractivity (Wildman–Crippen MR) is 64.7 cm³/mol. The lowest BCUT2D eigenvalue weighted by molar-refractivity contribution is 0.246. The third kappa shape index (κ3) is 3.46. The van der Waals surface area contributed by atoms with E-state index in [2.05, 4.69) is 5.32 Å². The smallest absolute Gasteiger partial charge is 0.321 e. The number of phenolic OH excluding ortho intramolecular Hbond substituents is 1. The van der Waals surface area contributed by atoms with Crippen molar-refractivity contribution in [3.05, 3.63) is 24.3 Å². The molecule has 0 atom stereocenters. The molecule has 0 radical (unpaired) electrons. The number of rotatable bonds is 3. The molecule has 0 heterocycles. The first-order chi connectivity index (χ1) is 7.50. The number of nitrogens with one attached hydrogen (secondary N) is 1. The van der Waals surface area contributed by atoms with Crippen LogP contribution in [0.25, 0.3) is 0 Å². The molecule has 0 saturated carbocycles. The van der Waals surface area contributed by atoms with Gasteiger partial charge in [0.2, 0.25) is 0 Å². The first-order valence-electron chi connectivity index (χ1n) is 5.31. The Bertz CT molecular complexity index is 347. The van der Waals surface area contributed by atoms with Crippen LogP contribution in [0.5, 0.6) is 5.75 Å². The fourth-order valence-electron chi connectivity index (χ4n) is 1.20. The molecule has 1 aromatic carbocycles. The van der Waals surface area contributed by atoms with Crippen molar-refractivity contribution >= 4 is 11.7 Å². The Labute approximate surface area is 95.9 Å². The minimum absolute atomic E-state index is 0.139. The van der Waals surface area contributed by atoms with Gasteiger partial charge in [-0.3, -0.25) is 4.90 Å². The third-order valence-electron chi connectivity index (χ3n) is 2.20. The van der Waals surface area contributed by atoms with Gasteiger partial charge in [-0.2, -0.15) is 0 Å². The normalized spacial score (nSPS) is 10.2. The molecule has 88 valence electrons. The molecule has 1 aromatic rings. The number of amides is 2. The Morgan fingerprint density at radius 3 is 2.44 bits per heavy atom. The van der Waals surface area contributed by atoms with Crippen LogP contribution in [0.15, 0.2) is 24.3 Å². The zero-order valence-electron chi connectivity index (χ0n) is 9.90. The Morgan fingerprint density at radius 2 is 1.94 bits per heavy atom. The van der Waals surface area contributed by atoms with E-state index in [0.717, 1.165) is 5.69 Å². The van der Waals surface area contributed by atoms with Crippen LogP contribution in [-0.4, -0.2) is 24.7 Å². The average Bonchev–Trinajstić information content (AvgIpc) is 2.26. The number of hydrogen-bond acceptors (Lipinski definition) is 2. The molecule has 16 heavy (non-hydrogen) atoms. The van der Waals surface area contributed by atoms with Gasteiger partial charge in [-0.05, 0) is 30.2 Å². The van der Waals surface area contributed by atoms with Crippen LogP contribution in [0.3, 0.4) is 0 Å². The van der Waals surface area contributed by atoms with Gasteiger partial charge < -0.3 is 10.4 Å². The maximum atomic E-state index is 11.7. The minimum Gasteiger partial charge on any atom is -0.508 e. The first-order valence-corrected chi connectivity index (χ1v) is 5.31. The topological polar surface area (TPSA) is 52.6 Å². The van der Waals surface area contributed by atoms with Crippen molar-refractivity contribution in [1.82, 2.24) is 5.32 Å².